The molecular formula is C9H12O3. The van der Waals surface area contributed by atoms with Crippen LogP contribution < -0.4 is 0 Å². The van der Waals surface area contributed by atoms with E-state index in [1.54, 1.807) is 0 Å². The van der Waals surface area contributed by atoms with Gasteiger partial charge in [0.1, 0.15) is 6.10 Å². The number of allylic oxidation sites excluding steroid dienone is 1. The minimum atomic E-state index is -0.315. The number of carbonyl (C=O) groups excluding carboxylic acids is 1. The molecular weight excluding hydrogens is 156 g/mol. The molecule has 3 nitrogen and oxygen atoms in total. The van der Waals surface area contributed by atoms with Gasteiger partial charge in [-0.2, -0.15) is 0 Å². The second-order valence-corrected chi connectivity index (χ2v) is 3.45. The van der Waals surface area contributed by atoms with Crippen molar-refractivity contribution in [1.29, 1.82) is 0 Å². The van der Waals surface area contributed by atoms with Crippen LogP contribution in [0.2, 0.25) is 0 Å². The van der Waals surface area contributed by atoms with Gasteiger partial charge in [0, 0.05) is 6.08 Å². The number of hydrogen-bond acceptors (Lipinski definition) is 3. The van der Waals surface area contributed by atoms with Gasteiger partial charge in [-0.25, -0.2) is 0 Å². The number of rotatable bonds is 0. The maximum absolute atomic E-state index is 11.3. The normalized spacial score (nSPS) is 40.4. The van der Waals surface area contributed by atoms with Gasteiger partial charge < -0.3 is 9.84 Å². The van der Waals surface area contributed by atoms with Crippen molar-refractivity contribution in [2.24, 2.45) is 5.92 Å². The third-order valence-corrected chi connectivity index (χ3v) is 2.61. The summed E-state index contributed by atoms with van der Waals surface area (Å²) in [5, 5.41) is 9.33. The Hall–Kier alpha value is -0.830. The third-order valence-electron chi connectivity index (χ3n) is 2.61. The average Bonchev–Trinajstić information content (AvgIpc) is 2.07. The number of aliphatic hydroxyl groups is 1. The molecule has 2 rings (SSSR count). The molecule has 12 heavy (non-hydrogen) atoms. The minimum Gasteiger partial charge on any atom is -0.497 e. The molecule has 1 saturated carbocycles. The molecule has 0 amide bonds. The fraction of sp³-hybridized carbons (Fsp3) is 0.667. The Kier molecular flexibility index (Phi) is 1.89. The molecule has 0 spiro atoms. The maximum atomic E-state index is 11.3. The lowest BCUT2D eigenvalue weighted by atomic mass is 9.81. The Morgan fingerprint density at radius 3 is 3.17 bits per heavy atom. The fourth-order valence-corrected chi connectivity index (χ4v) is 1.91. The molecule has 0 bridgehead atoms. The zero-order valence-corrected chi connectivity index (χ0v) is 6.77. The lowest BCUT2D eigenvalue weighted by Crippen LogP contribution is -2.39. The lowest BCUT2D eigenvalue weighted by molar-refractivity contribution is -0.128. The molecule has 3 heteroatoms. The second-order valence-electron chi connectivity index (χ2n) is 3.45. The molecule has 1 fully saturated rings. The predicted molar refractivity (Wildman–Crippen MR) is 42.4 cm³/mol. The van der Waals surface area contributed by atoms with Gasteiger partial charge in [-0.1, -0.05) is 0 Å². The van der Waals surface area contributed by atoms with Crippen molar-refractivity contribution in [3.05, 3.63) is 12.3 Å². The number of ether oxygens (including phenoxy) is 1. The molecule has 1 heterocycles. The van der Waals surface area contributed by atoms with Gasteiger partial charge >= 0.3 is 0 Å². The van der Waals surface area contributed by atoms with Crippen LogP contribution in [-0.4, -0.2) is 23.1 Å². The van der Waals surface area contributed by atoms with Crippen molar-refractivity contribution >= 4 is 5.78 Å². The summed E-state index contributed by atoms with van der Waals surface area (Å²) in [6, 6.07) is 0. The summed E-state index contributed by atoms with van der Waals surface area (Å²) >= 11 is 0. The fourth-order valence-electron chi connectivity index (χ4n) is 1.91. The standard InChI is InChI=1S/C9H12O3/c10-6-1-2-9-7(5-6)8(11)3-4-12-9/h3-4,6-7,9-10H,1-2,5H2. The lowest BCUT2D eigenvalue weighted by Gasteiger charge is -2.33. The number of aliphatic hydroxyl groups excluding tert-OH is 1. The van der Waals surface area contributed by atoms with E-state index in [0.29, 0.717) is 6.42 Å². The Morgan fingerprint density at radius 1 is 1.50 bits per heavy atom. The summed E-state index contributed by atoms with van der Waals surface area (Å²) in [4.78, 5) is 11.3. The first kappa shape index (κ1) is 7.80. The summed E-state index contributed by atoms with van der Waals surface area (Å²) in [5.74, 6) is 0.00347. The molecule has 3 unspecified atom stereocenters. The SMILES string of the molecule is O=C1C=COC2CCC(O)CC12. The van der Waals surface area contributed by atoms with E-state index in [9.17, 15) is 9.90 Å². The monoisotopic (exact) mass is 168 g/mol. The molecule has 2 aliphatic rings. The number of hydrogen-bond donors (Lipinski definition) is 1. The molecule has 3 atom stereocenters. The van der Waals surface area contributed by atoms with E-state index < -0.39 is 0 Å². The van der Waals surface area contributed by atoms with Crippen LogP contribution in [0.3, 0.4) is 0 Å². The summed E-state index contributed by atoms with van der Waals surface area (Å²) in [7, 11) is 0. The largest absolute Gasteiger partial charge is 0.497 e. The van der Waals surface area contributed by atoms with Crippen molar-refractivity contribution in [3.63, 3.8) is 0 Å². The molecule has 0 aromatic rings. The van der Waals surface area contributed by atoms with Crippen molar-refractivity contribution < 1.29 is 14.6 Å². The molecule has 1 aliphatic carbocycles. The molecule has 0 saturated heterocycles. The van der Waals surface area contributed by atoms with Gasteiger partial charge in [0.2, 0.25) is 0 Å². The number of fused-ring (bicyclic) bond motifs is 1. The molecule has 0 aromatic heterocycles. The first-order valence-corrected chi connectivity index (χ1v) is 4.31. The van der Waals surface area contributed by atoms with E-state index in [0.717, 1.165) is 12.8 Å². The first-order valence-electron chi connectivity index (χ1n) is 4.31. The van der Waals surface area contributed by atoms with Crippen molar-refractivity contribution in [1.82, 2.24) is 0 Å². The van der Waals surface area contributed by atoms with Gasteiger partial charge in [0.05, 0.1) is 18.3 Å². The highest BCUT2D eigenvalue weighted by Crippen LogP contribution is 2.30. The maximum Gasteiger partial charge on any atom is 0.165 e. The van der Waals surface area contributed by atoms with E-state index in [1.165, 1.54) is 12.3 Å². The van der Waals surface area contributed by atoms with Crippen molar-refractivity contribution in [3.8, 4) is 0 Å². The van der Waals surface area contributed by atoms with Gasteiger partial charge in [-0.3, -0.25) is 4.79 Å². The quantitative estimate of drug-likeness (QED) is 0.577. The Bertz CT molecular complexity index is 222. The molecule has 66 valence electrons. The van der Waals surface area contributed by atoms with E-state index >= 15 is 0 Å². The first-order chi connectivity index (χ1) is 5.77. The predicted octanol–water partition coefficient (Wildman–Crippen LogP) is 0.629. The highest BCUT2D eigenvalue weighted by Gasteiger charge is 2.36. The zero-order chi connectivity index (χ0) is 8.55. The van der Waals surface area contributed by atoms with Gasteiger partial charge in [0.15, 0.2) is 5.78 Å². The summed E-state index contributed by atoms with van der Waals surface area (Å²) in [6.07, 6.45) is 4.74. The molecule has 1 N–H and O–H groups in total. The summed E-state index contributed by atoms with van der Waals surface area (Å²) in [5.41, 5.74) is 0. The Balaban J connectivity index is 2.13. The van der Waals surface area contributed by atoms with Gasteiger partial charge in [-0.15, -0.1) is 0 Å². The topological polar surface area (TPSA) is 46.5 Å². The average molecular weight is 168 g/mol. The van der Waals surface area contributed by atoms with E-state index in [4.69, 9.17) is 4.74 Å². The second kappa shape index (κ2) is 2.90. The van der Waals surface area contributed by atoms with Crippen LogP contribution in [0.1, 0.15) is 19.3 Å². The van der Waals surface area contributed by atoms with Gasteiger partial charge in [0.25, 0.3) is 0 Å². The summed E-state index contributed by atoms with van der Waals surface area (Å²) < 4.78 is 5.29. The van der Waals surface area contributed by atoms with Gasteiger partial charge in [-0.05, 0) is 19.3 Å². The Labute approximate surface area is 71.0 Å². The summed E-state index contributed by atoms with van der Waals surface area (Å²) in [6.45, 7) is 0. The van der Waals surface area contributed by atoms with Crippen LogP contribution in [0.25, 0.3) is 0 Å². The highest BCUT2D eigenvalue weighted by molar-refractivity contribution is 5.92. The number of carbonyl (C=O) groups is 1. The van der Waals surface area contributed by atoms with Crippen LogP contribution in [-0.2, 0) is 9.53 Å². The third kappa shape index (κ3) is 1.25. The van der Waals surface area contributed by atoms with Crippen molar-refractivity contribution in [2.75, 3.05) is 0 Å². The van der Waals surface area contributed by atoms with Crippen molar-refractivity contribution in [2.45, 2.75) is 31.5 Å². The van der Waals surface area contributed by atoms with E-state index in [1.807, 2.05) is 0 Å². The smallest absolute Gasteiger partial charge is 0.165 e. The van der Waals surface area contributed by atoms with Crippen LogP contribution in [0.15, 0.2) is 12.3 Å². The molecule has 1 aliphatic heterocycles. The van der Waals surface area contributed by atoms with Crippen LogP contribution in [0.4, 0.5) is 0 Å². The zero-order valence-electron chi connectivity index (χ0n) is 6.77. The minimum absolute atomic E-state index is 0.0194. The molecule has 0 radical (unpaired) electrons. The van der Waals surface area contributed by atoms with E-state index in [2.05, 4.69) is 0 Å². The Morgan fingerprint density at radius 2 is 2.33 bits per heavy atom. The van der Waals surface area contributed by atoms with Crippen LogP contribution in [0, 0.1) is 5.92 Å². The van der Waals surface area contributed by atoms with Crippen LogP contribution >= 0.6 is 0 Å². The molecule has 0 aromatic carbocycles. The number of ketones is 1. The van der Waals surface area contributed by atoms with Crippen LogP contribution in [0.5, 0.6) is 0 Å². The van der Waals surface area contributed by atoms with E-state index in [-0.39, 0.29) is 23.9 Å². The highest BCUT2D eigenvalue weighted by atomic mass is 16.5.